The molecule has 0 aromatic heterocycles. The highest BCUT2D eigenvalue weighted by atomic mass is 16.1. The molecule has 0 saturated heterocycles. The van der Waals surface area contributed by atoms with Gasteiger partial charge in [0.15, 0.2) is 5.78 Å². The van der Waals surface area contributed by atoms with Gasteiger partial charge in [-0.2, -0.15) is 0 Å². The smallest absolute Gasteiger partial charge is 0.162 e. The van der Waals surface area contributed by atoms with E-state index < -0.39 is 0 Å². The number of rotatable bonds is 8. The first-order valence-corrected chi connectivity index (χ1v) is 6.87. The minimum absolute atomic E-state index is 0.231. The number of benzene rings is 1. The fourth-order valence-electron chi connectivity index (χ4n) is 1.96. The van der Waals surface area contributed by atoms with Crippen LogP contribution in [0.4, 0.5) is 0 Å². The Labute approximate surface area is 111 Å². The van der Waals surface area contributed by atoms with Crippen LogP contribution in [0.15, 0.2) is 24.3 Å². The lowest BCUT2D eigenvalue weighted by atomic mass is 10.0. The largest absolute Gasteiger partial charge is 0.294 e. The predicted molar refractivity (Wildman–Crippen MR) is 76.7 cm³/mol. The highest BCUT2D eigenvalue weighted by Gasteiger charge is 2.04. The van der Waals surface area contributed by atoms with Gasteiger partial charge in [-0.1, -0.05) is 57.1 Å². The van der Waals surface area contributed by atoms with Crippen LogP contribution in [0, 0.1) is 12.3 Å². The summed E-state index contributed by atoms with van der Waals surface area (Å²) in [6.45, 7) is 2.21. The first-order valence-electron chi connectivity index (χ1n) is 6.87. The van der Waals surface area contributed by atoms with Crippen molar-refractivity contribution in [1.82, 2.24) is 0 Å². The average molecular weight is 242 g/mol. The Balaban J connectivity index is 2.26. The maximum Gasteiger partial charge on any atom is 0.162 e. The molecule has 1 nitrogen and oxygen atoms in total. The molecule has 0 bridgehead atoms. The predicted octanol–water partition coefficient (Wildman–Crippen LogP) is 4.60. The minimum atomic E-state index is 0.231. The van der Waals surface area contributed by atoms with Crippen LogP contribution in [0.25, 0.3) is 0 Å². The number of carbonyl (C=O) groups is 1. The van der Waals surface area contributed by atoms with Crippen LogP contribution >= 0.6 is 0 Å². The van der Waals surface area contributed by atoms with Crippen molar-refractivity contribution in [2.24, 2.45) is 0 Å². The Morgan fingerprint density at radius 2 is 1.67 bits per heavy atom. The third-order valence-electron chi connectivity index (χ3n) is 3.13. The Morgan fingerprint density at radius 1 is 1.06 bits per heavy atom. The van der Waals surface area contributed by atoms with Crippen molar-refractivity contribution in [2.75, 3.05) is 0 Å². The molecule has 96 valence electrons. The second-order valence-electron chi connectivity index (χ2n) is 4.66. The molecule has 0 atom stereocenters. The first kappa shape index (κ1) is 14.5. The van der Waals surface area contributed by atoms with E-state index >= 15 is 0 Å². The summed E-state index contributed by atoms with van der Waals surface area (Å²) in [6.07, 6.45) is 13.2. The first-order chi connectivity index (χ1) is 8.77. The summed E-state index contributed by atoms with van der Waals surface area (Å²) in [7, 11) is 0. The van der Waals surface area contributed by atoms with E-state index in [2.05, 4.69) is 12.8 Å². The Kier molecular flexibility index (Phi) is 6.87. The van der Waals surface area contributed by atoms with Gasteiger partial charge in [0, 0.05) is 17.5 Å². The van der Waals surface area contributed by atoms with E-state index in [1.54, 1.807) is 0 Å². The molecular weight excluding hydrogens is 220 g/mol. The summed E-state index contributed by atoms with van der Waals surface area (Å²) < 4.78 is 0. The second kappa shape index (κ2) is 8.53. The summed E-state index contributed by atoms with van der Waals surface area (Å²) in [5, 5.41) is 0. The van der Waals surface area contributed by atoms with Crippen molar-refractivity contribution >= 4 is 5.78 Å². The molecule has 0 saturated carbocycles. The number of hydrogen-bond donors (Lipinski definition) is 0. The van der Waals surface area contributed by atoms with E-state index in [9.17, 15) is 4.79 Å². The standard InChI is InChI=1S/C17H22O/c1-3-5-6-7-8-9-10-17(18)16-13-11-15(4-2)12-14-16/h2,11-14H,3,5-10H2,1H3. The SMILES string of the molecule is C#Cc1ccc(C(=O)CCCCCCCC)cc1. The maximum absolute atomic E-state index is 11.9. The van der Waals surface area contributed by atoms with Gasteiger partial charge in [-0.25, -0.2) is 0 Å². The van der Waals surface area contributed by atoms with Crippen molar-refractivity contribution in [1.29, 1.82) is 0 Å². The van der Waals surface area contributed by atoms with Crippen LogP contribution < -0.4 is 0 Å². The molecule has 18 heavy (non-hydrogen) atoms. The molecule has 0 aliphatic heterocycles. The van der Waals surface area contributed by atoms with Crippen molar-refractivity contribution in [3.05, 3.63) is 35.4 Å². The normalized spacial score (nSPS) is 10.0. The van der Waals surface area contributed by atoms with E-state index in [-0.39, 0.29) is 5.78 Å². The van der Waals surface area contributed by atoms with Crippen LogP contribution in [0.5, 0.6) is 0 Å². The van der Waals surface area contributed by atoms with Crippen LogP contribution in [0.3, 0.4) is 0 Å². The number of ketones is 1. The Morgan fingerprint density at radius 3 is 2.28 bits per heavy atom. The van der Waals surface area contributed by atoms with Gasteiger partial charge < -0.3 is 0 Å². The van der Waals surface area contributed by atoms with Crippen LogP contribution in [-0.4, -0.2) is 5.78 Å². The van der Waals surface area contributed by atoms with Gasteiger partial charge in [-0.05, 0) is 18.6 Å². The molecule has 0 N–H and O–H groups in total. The summed E-state index contributed by atoms with van der Waals surface area (Å²) in [5.74, 6) is 2.78. The van der Waals surface area contributed by atoms with Gasteiger partial charge in [0.05, 0.1) is 0 Å². The van der Waals surface area contributed by atoms with Crippen molar-refractivity contribution in [3.8, 4) is 12.3 Å². The highest BCUT2D eigenvalue weighted by molar-refractivity contribution is 5.96. The van der Waals surface area contributed by atoms with Crippen molar-refractivity contribution in [3.63, 3.8) is 0 Å². The third kappa shape index (κ3) is 5.19. The molecule has 1 aromatic rings. The summed E-state index contributed by atoms with van der Waals surface area (Å²) in [5.41, 5.74) is 1.61. The summed E-state index contributed by atoms with van der Waals surface area (Å²) in [6, 6.07) is 7.31. The van der Waals surface area contributed by atoms with Gasteiger partial charge >= 0.3 is 0 Å². The summed E-state index contributed by atoms with van der Waals surface area (Å²) in [4.78, 5) is 11.9. The van der Waals surface area contributed by atoms with Crippen LogP contribution in [-0.2, 0) is 0 Å². The van der Waals surface area contributed by atoms with E-state index in [0.29, 0.717) is 6.42 Å². The van der Waals surface area contributed by atoms with Gasteiger partial charge in [0.1, 0.15) is 0 Å². The Bertz CT molecular complexity index is 395. The fraction of sp³-hybridized carbons (Fsp3) is 0.471. The zero-order valence-electron chi connectivity index (χ0n) is 11.2. The molecule has 0 fully saturated rings. The lowest BCUT2D eigenvalue weighted by Crippen LogP contribution is -1.98. The topological polar surface area (TPSA) is 17.1 Å². The zero-order chi connectivity index (χ0) is 13.2. The molecule has 0 aliphatic carbocycles. The molecule has 1 rings (SSSR count). The quantitative estimate of drug-likeness (QED) is 0.370. The average Bonchev–Trinajstić information content (AvgIpc) is 2.42. The molecule has 0 radical (unpaired) electrons. The van der Waals surface area contributed by atoms with Crippen molar-refractivity contribution in [2.45, 2.75) is 51.9 Å². The number of unbranched alkanes of at least 4 members (excludes halogenated alkanes) is 5. The van der Waals surface area contributed by atoms with Gasteiger partial charge in [-0.15, -0.1) is 6.42 Å². The number of hydrogen-bond acceptors (Lipinski definition) is 1. The third-order valence-corrected chi connectivity index (χ3v) is 3.13. The second-order valence-corrected chi connectivity index (χ2v) is 4.66. The molecule has 0 unspecified atom stereocenters. The number of Topliss-reactive ketones (excluding diaryl/α,β-unsaturated/α-hetero) is 1. The highest BCUT2D eigenvalue weighted by Crippen LogP contribution is 2.11. The number of terminal acetylenes is 1. The molecule has 0 amide bonds. The monoisotopic (exact) mass is 242 g/mol. The zero-order valence-corrected chi connectivity index (χ0v) is 11.2. The molecule has 0 heterocycles. The summed E-state index contributed by atoms with van der Waals surface area (Å²) >= 11 is 0. The molecule has 0 spiro atoms. The van der Waals surface area contributed by atoms with Crippen LogP contribution in [0.1, 0.15) is 67.8 Å². The molecule has 1 heteroatoms. The molecule has 0 aliphatic rings. The Hall–Kier alpha value is -1.55. The van der Waals surface area contributed by atoms with E-state index in [1.807, 2.05) is 24.3 Å². The van der Waals surface area contributed by atoms with Gasteiger partial charge in [0.2, 0.25) is 0 Å². The van der Waals surface area contributed by atoms with Crippen LogP contribution in [0.2, 0.25) is 0 Å². The van der Waals surface area contributed by atoms with E-state index in [0.717, 1.165) is 24.0 Å². The lowest BCUT2D eigenvalue weighted by Gasteiger charge is -2.02. The molecular formula is C17H22O. The van der Waals surface area contributed by atoms with Crippen molar-refractivity contribution < 1.29 is 4.79 Å². The van der Waals surface area contributed by atoms with E-state index in [4.69, 9.17) is 6.42 Å². The maximum atomic E-state index is 11.9. The fourth-order valence-corrected chi connectivity index (χ4v) is 1.96. The lowest BCUT2D eigenvalue weighted by molar-refractivity contribution is 0.0979. The number of carbonyl (C=O) groups excluding carboxylic acids is 1. The van der Waals surface area contributed by atoms with Gasteiger partial charge in [-0.3, -0.25) is 4.79 Å². The van der Waals surface area contributed by atoms with Gasteiger partial charge in [0.25, 0.3) is 0 Å². The minimum Gasteiger partial charge on any atom is -0.294 e. The molecule has 1 aromatic carbocycles. The van der Waals surface area contributed by atoms with E-state index in [1.165, 1.54) is 25.7 Å².